The summed E-state index contributed by atoms with van der Waals surface area (Å²) in [6.45, 7) is 3.10. The van der Waals surface area contributed by atoms with E-state index in [4.69, 9.17) is 14.6 Å². The summed E-state index contributed by atoms with van der Waals surface area (Å²) in [4.78, 5) is 32.4. The monoisotopic (exact) mass is 411 g/mol. The molecule has 3 fully saturated rings. The van der Waals surface area contributed by atoms with Gasteiger partial charge < -0.3 is 14.6 Å². The molecule has 8 heteroatoms. The van der Waals surface area contributed by atoms with Crippen LogP contribution in [-0.4, -0.2) is 59.9 Å². The van der Waals surface area contributed by atoms with E-state index >= 15 is 0 Å². The molecule has 1 N–H and O–H groups in total. The minimum Gasteiger partial charge on any atom is -0.480 e. The van der Waals surface area contributed by atoms with Crippen molar-refractivity contribution < 1.29 is 24.2 Å². The second-order valence-corrected chi connectivity index (χ2v) is 7.68. The van der Waals surface area contributed by atoms with Crippen molar-refractivity contribution in [3.05, 3.63) is 53.7 Å². The van der Waals surface area contributed by atoms with Gasteiger partial charge in [-0.05, 0) is 61.7 Å². The predicted molar refractivity (Wildman–Crippen MR) is 110 cm³/mol. The number of benzene rings is 1. The van der Waals surface area contributed by atoms with Gasteiger partial charge in [-0.25, -0.2) is 14.6 Å². The van der Waals surface area contributed by atoms with Crippen molar-refractivity contribution in [3.8, 4) is 5.88 Å². The Kier molecular flexibility index (Phi) is 5.85. The van der Waals surface area contributed by atoms with Crippen LogP contribution in [0.25, 0.3) is 0 Å². The first-order valence-electron chi connectivity index (χ1n) is 10.1. The number of fused-ring (bicyclic) bond motifs is 3. The minimum absolute atomic E-state index is 0.125. The van der Waals surface area contributed by atoms with Gasteiger partial charge in [0.25, 0.3) is 0 Å². The number of carboxylic acid groups (broad SMARTS) is 1. The van der Waals surface area contributed by atoms with Gasteiger partial charge in [-0.1, -0.05) is 12.1 Å². The number of nitrogens with zero attached hydrogens (tertiary/aromatic N) is 3. The lowest BCUT2D eigenvalue weighted by Crippen LogP contribution is -2.53. The first-order valence-corrected chi connectivity index (χ1v) is 10.1. The largest absolute Gasteiger partial charge is 0.480 e. The van der Waals surface area contributed by atoms with Crippen LogP contribution in [0.1, 0.15) is 28.8 Å². The lowest BCUT2D eigenvalue weighted by atomic mass is 9.86. The van der Waals surface area contributed by atoms with Crippen molar-refractivity contribution in [1.29, 1.82) is 0 Å². The molecule has 2 bridgehead atoms. The number of carbonyl (C=O) groups is 2. The zero-order valence-corrected chi connectivity index (χ0v) is 16.9. The molecule has 8 nitrogen and oxygen atoms in total. The zero-order valence-electron chi connectivity index (χ0n) is 16.9. The molecule has 0 aliphatic carbocycles. The van der Waals surface area contributed by atoms with Gasteiger partial charge in [0.2, 0.25) is 5.88 Å². The lowest BCUT2D eigenvalue weighted by Gasteiger charge is -2.44. The third-order valence-corrected chi connectivity index (χ3v) is 5.85. The smallest absolute Gasteiger partial charge is 0.415 e. The van der Waals surface area contributed by atoms with Crippen molar-refractivity contribution in [3.63, 3.8) is 0 Å². The fraction of sp³-hybridized carbons (Fsp3) is 0.409. The van der Waals surface area contributed by atoms with Gasteiger partial charge in [0, 0.05) is 12.7 Å². The van der Waals surface area contributed by atoms with Gasteiger partial charge in [-0.15, -0.1) is 0 Å². The number of carboxylic acids is 1. The molecule has 0 spiro atoms. The van der Waals surface area contributed by atoms with E-state index < -0.39 is 12.1 Å². The van der Waals surface area contributed by atoms with Gasteiger partial charge in [-0.3, -0.25) is 9.80 Å². The van der Waals surface area contributed by atoms with Gasteiger partial charge in [0.05, 0.1) is 19.2 Å². The Bertz CT molecular complexity index is 909. The third-order valence-electron chi connectivity index (χ3n) is 5.85. The van der Waals surface area contributed by atoms with Crippen LogP contribution in [0, 0.1) is 5.92 Å². The number of ether oxygens (including phenoxy) is 2. The van der Waals surface area contributed by atoms with Crippen LogP contribution in [0.2, 0.25) is 0 Å². The summed E-state index contributed by atoms with van der Waals surface area (Å²) in [6, 6.07) is 9.93. The number of rotatable bonds is 6. The molecular formula is C22H25N3O5. The first kappa shape index (κ1) is 20.2. The van der Waals surface area contributed by atoms with Crippen LogP contribution >= 0.6 is 0 Å². The van der Waals surface area contributed by atoms with E-state index in [-0.39, 0.29) is 18.2 Å². The predicted octanol–water partition coefficient (Wildman–Crippen LogP) is 3.03. The fourth-order valence-corrected chi connectivity index (χ4v) is 4.17. The van der Waals surface area contributed by atoms with E-state index in [1.807, 2.05) is 0 Å². The molecule has 3 saturated heterocycles. The SMILES string of the molecule is COc1ncccc1N(Cc1ccc(C(=O)O)cc1)C(=O)O[C@H]1CN2CCC1CC2. The first-order chi connectivity index (χ1) is 14.5. The third kappa shape index (κ3) is 4.23. The Hall–Kier alpha value is -3.13. The summed E-state index contributed by atoms with van der Waals surface area (Å²) in [6.07, 6.45) is 3.11. The molecule has 1 atom stereocenters. The van der Waals surface area contributed by atoms with E-state index in [9.17, 15) is 9.59 Å². The molecule has 0 saturated carbocycles. The lowest BCUT2D eigenvalue weighted by molar-refractivity contribution is -0.0311. The van der Waals surface area contributed by atoms with E-state index in [1.165, 1.54) is 24.1 Å². The molecule has 4 heterocycles. The maximum absolute atomic E-state index is 13.2. The van der Waals surface area contributed by atoms with Crippen molar-refractivity contribution in [2.75, 3.05) is 31.6 Å². The van der Waals surface area contributed by atoms with Crippen LogP contribution in [0.5, 0.6) is 5.88 Å². The Morgan fingerprint density at radius 1 is 1.20 bits per heavy atom. The molecule has 30 heavy (non-hydrogen) atoms. The average Bonchev–Trinajstić information content (AvgIpc) is 2.78. The van der Waals surface area contributed by atoms with E-state index in [0.29, 0.717) is 17.5 Å². The van der Waals surface area contributed by atoms with Crippen LogP contribution < -0.4 is 9.64 Å². The molecule has 2 aromatic rings. The number of hydrogen-bond donors (Lipinski definition) is 1. The number of amides is 1. The molecule has 3 aliphatic rings. The topological polar surface area (TPSA) is 92.2 Å². The summed E-state index contributed by atoms with van der Waals surface area (Å²) in [5.74, 6) is -0.272. The van der Waals surface area contributed by atoms with Crippen molar-refractivity contribution >= 4 is 17.7 Å². The average molecular weight is 411 g/mol. The maximum Gasteiger partial charge on any atom is 0.415 e. The quantitative estimate of drug-likeness (QED) is 0.781. The van der Waals surface area contributed by atoms with Gasteiger partial charge in [0.1, 0.15) is 11.8 Å². The number of aromatic carboxylic acids is 1. The summed E-state index contributed by atoms with van der Waals surface area (Å²) >= 11 is 0. The Labute approximate surface area is 175 Å². The molecule has 5 rings (SSSR count). The number of aromatic nitrogens is 1. The number of methoxy groups -OCH3 is 1. The molecule has 1 aromatic heterocycles. The Balaban J connectivity index is 1.58. The highest BCUT2D eigenvalue weighted by Crippen LogP contribution is 2.32. The van der Waals surface area contributed by atoms with Crippen molar-refractivity contribution in [2.24, 2.45) is 5.92 Å². The molecule has 0 radical (unpaired) electrons. The highest BCUT2D eigenvalue weighted by atomic mass is 16.6. The molecule has 3 aliphatic heterocycles. The molecule has 0 unspecified atom stereocenters. The summed E-state index contributed by atoms with van der Waals surface area (Å²) in [7, 11) is 1.50. The number of hydrogen-bond acceptors (Lipinski definition) is 6. The Morgan fingerprint density at radius 2 is 1.93 bits per heavy atom. The number of pyridine rings is 1. The van der Waals surface area contributed by atoms with Crippen LogP contribution in [0.3, 0.4) is 0 Å². The summed E-state index contributed by atoms with van der Waals surface area (Å²) in [5.41, 5.74) is 1.48. The van der Waals surface area contributed by atoms with E-state index in [0.717, 1.165) is 38.0 Å². The van der Waals surface area contributed by atoms with Gasteiger partial charge >= 0.3 is 12.1 Å². The van der Waals surface area contributed by atoms with Gasteiger partial charge in [0.15, 0.2) is 0 Å². The molecule has 1 aromatic carbocycles. The highest BCUT2D eigenvalue weighted by Gasteiger charge is 2.37. The Morgan fingerprint density at radius 3 is 2.53 bits per heavy atom. The van der Waals surface area contributed by atoms with Crippen LogP contribution in [0.15, 0.2) is 42.6 Å². The summed E-state index contributed by atoms with van der Waals surface area (Å²) in [5, 5.41) is 9.11. The van der Waals surface area contributed by atoms with E-state index in [1.54, 1.807) is 30.5 Å². The standard InChI is InChI=1S/C22H25N3O5/c1-29-20-18(3-2-10-23-20)25(13-15-4-6-17(7-5-15)21(26)27)22(28)30-19-14-24-11-8-16(19)9-12-24/h2-7,10,16,19H,8-9,11-14H2,1H3,(H,26,27)/t19-/m0/s1. The second kappa shape index (κ2) is 8.71. The maximum atomic E-state index is 13.2. The molecule has 1 amide bonds. The highest BCUT2D eigenvalue weighted by molar-refractivity contribution is 5.89. The van der Waals surface area contributed by atoms with Crippen molar-refractivity contribution in [2.45, 2.75) is 25.5 Å². The van der Waals surface area contributed by atoms with Gasteiger partial charge in [-0.2, -0.15) is 0 Å². The van der Waals surface area contributed by atoms with Crippen LogP contribution in [0.4, 0.5) is 10.5 Å². The summed E-state index contributed by atoms with van der Waals surface area (Å²) < 4.78 is 11.3. The van der Waals surface area contributed by atoms with Crippen molar-refractivity contribution in [1.82, 2.24) is 9.88 Å². The zero-order chi connectivity index (χ0) is 21.1. The van der Waals surface area contributed by atoms with Crippen LogP contribution in [-0.2, 0) is 11.3 Å². The number of carbonyl (C=O) groups excluding carboxylic acids is 1. The normalized spacial score (nSPS) is 22.4. The number of piperidine rings is 3. The number of anilines is 1. The minimum atomic E-state index is -0.992. The molecule has 158 valence electrons. The molecular weight excluding hydrogens is 386 g/mol. The fourth-order valence-electron chi connectivity index (χ4n) is 4.17. The second-order valence-electron chi connectivity index (χ2n) is 7.68. The van der Waals surface area contributed by atoms with E-state index in [2.05, 4.69) is 9.88 Å².